The van der Waals surface area contributed by atoms with Crippen molar-refractivity contribution in [1.29, 1.82) is 0 Å². The van der Waals surface area contributed by atoms with Gasteiger partial charge in [0.15, 0.2) is 0 Å². The Kier molecular flexibility index (Phi) is 6.63. The molecule has 2 aliphatic carbocycles. The molecule has 0 spiro atoms. The molecular formula is C18H32F2O2. The van der Waals surface area contributed by atoms with E-state index < -0.39 is 5.92 Å². The first-order valence-electron chi connectivity index (χ1n) is 9.08. The van der Waals surface area contributed by atoms with Crippen molar-refractivity contribution in [3.8, 4) is 0 Å². The maximum atomic E-state index is 13.8. The van der Waals surface area contributed by atoms with Crippen LogP contribution in [0.15, 0.2) is 0 Å². The quantitative estimate of drug-likeness (QED) is 0.630. The summed E-state index contributed by atoms with van der Waals surface area (Å²) in [6.07, 6.45) is 7.50. The third-order valence-electron chi connectivity index (χ3n) is 5.18. The monoisotopic (exact) mass is 318 g/mol. The molecule has 22 heavy (non-hydrogen) atoms. The Labute approximate surface area is 133 Å². The maximum Gasteiger partial charge on any atom is 0.251 e. The molecule has 0 N–H and O–H groups in total. The second-order valence-electron chi connectivity index (χ2n) is 7.36. The van der Waals surface area contributed by atoms with Gasteiger partial charge in [0, 0.05) is 12.8 Å². The van der Waals surface area contributed by atoms with Crippen molar-refractivity contribution in [2.24, 2.45) is 5.92 Å². The standard InChI is InChI=1S/C18H32F2O2/c1-4-13(2)22-17-12-18(19,20)11-15(17)10-14(3)21-16-8-6-5-7-9-16/h13-17H,4-12H2,1-3H3. The van der Waals surface area contributed by atoms with Gasteiger partial charge < -0.3 is 9.47 Å². The molecule has 4 heteroatoms. The van der Waals surface area contributed by atoms with Crippen molar-refractivity contribution in [1.82, 2.24) is 0 Å². The Bertz CT molecular complexity index is 329. The summed E-state index contributed by atoms with van der Waals surface area (Å²) >= 11 is 0. The number of hydrogen-bond donors (Lipinski definition) is 0. The zero-order valence-corrected chi connectivity index (χ0v) is 14.3. The number of rotatable bonds is 7. The van der Waals surface area contributed by atoms with Gasteiger partial charge in [0.05, 0.1) is 24.4 Å². The molecule has 2 nitrogen and oxygen atoms in total. The van der Waals surface area contributed by atoms with Gasteiger partial charge in [-0.1, -0.05) is 26.2 Å². The van der Waals surface area contributed by atoms with Gasteiger partial charge in [-0.3, -0.25) is 0 Å². The molecule has 0 bridgehead atoms. The van der Waals surface area contributed by atoms with Crippen LogP contribution in [-0.2, 0) is 9.47 Å². The van der Waals surface area contributed by atoms with Crippen molar-refractivity contribution < 1.29 is 18.3 Å². The number of ether oxygens (including phenoxy) is 2. The fourth-order valence-electron chi connectivity index (χ4n) is 3.86. The molecule has 0 aromatic rings. The van der Waals surface area contributed by atoms with Crippen LogP contribution in [0.4, 0.5) is 8.78 Å². The van der Waals surface area contributed by atoms with Crippen LogP contribution in [0, 0.1) is 5.92 Å². The SMILES string of the molecule is CCC(C)OC1CC(F)(F)CC1CC(C)OC1CCCCC1. The number of halogens is 2. The zero-order chi connectivity index (χ0) is 16.2. The first-order valence-corrected chi connectivity index (χ1v) is 9.08. The molecular weight excluding hydrogens is 286 g/mol. The van der Waals surface area contributed by atoms with Gasteiger partial charge in [0.25, 0.3) is 5.92 Å². The molecule has 0 heterocycles. The molecule has 2 aliphatic rings. The lowest BCUT2D eigenvalue weighted by molar-refractivity contribution is -0.0628. The van der Waals surface area contributed by atoms with Crippen LogP contribution >= 0.6 is 0 Å². The third-order valence-corrected chi connectivity index (χ3v) is 5.18. The highest BCUT2D eigenvalue weighted by Gasteiger charge is 2.47. The Balaban J connectivity index is 1.84. The molecule has 130 valence electrons. The summed E-state index contributed by atoms with van der Waals surface area (Å²) in [5.41, 5.74) is 0. The molecule has 0 saturated heterocycles. The summed E-state index contributed by atoms with van der Waals surface area (Å²) in [6.45, 7) is 6.03. The van der Waals surface area contributed by atoms with Crippen LogP contribution in [0.25, 0.3) is 0 Å². The van der Waals surface area contributed by atoms with Gasteiger partial charge in [0.2, 0.25) is 0 Å². The minimum Gasteiger partial charge on any atom is -0.375 e. The molecule has 4 unspecified atom stereocenters. The Morgan fingerprint density at radius 1 is 1.00 bits per heavy atom. The van der Waals surface area contributed by atoms with E-state index in [2.05, 4.69) is 0 Å². The number of alkyl halides is 2. The van der Waals surface area contributed by atoms with Gasteiger partial charge >= 0.3 is 0 Å². The highest BCUT2D eigenvalue weighted by molar-refractivity contribution is 4.91. The normalized spacial score (nSPS) is 32.0. The Hall–Kier alpha value is -0.220. The lowest BCUT2D eigenvalue weighted by Crippen LogP contribution is -2.29. The van der Waals surface area contributed by atoms with E-state index >= 15 is 0 Å². The van der Waals surface area contributed by atoms with Crippen molar-refractivity contribution in [3.63, 3.8) is 0 Å². The molecule has 2 rings (SSSR count). The Morgan fingerprint density at radius 3 is 2.32 bits per heavy atom. The molecule has 0 amide bonds. The van der Waals surface area contributed by atoms with E-state index in [0.29, 0.717) is 12.5 Å². The first kappa shape index (κ1) is 18.1. The summed E-state index contributed by atoms with van der Waals surface area (Å²) in [5, 5.41) is 0. The summed E-state index contributed by atoms with van der Waals surface area (Å²) in [6, 6.07) is 0. The summed E-state index contributed by atoms with van der Waals surface area (Å²) in [4.78, 5) is 0. The molecule has 0 aromatic heterocycles. The second-order valence-corrected chi connectivity index (χ2v) is 7.36. The van der Waals surface area contributed by atoms with Gasteiger partial charge in [-0.25, -0.2) is 8.78 Å². The fourth-order valence-corrected chi connectivity index (χ4v) is 3.86. The predicted octanol–water partition coefficient (Wildman–Crippen LogP) is 5.34. The van der Waals surface area contributed by atoms with Crippen molar-refractivity contribution in [2.75, 3.05) is 0 Å². The van der Waals surface area contributed by atoms with E-state index in [1.54, 1.807) is 0 Å². The van der Waals surface area contributed by atoms with Gasteiger partial charge in [-0.15, -0.1) is 0 Å². The largest absolute Gasteiger partial charge is 0.375 e. The predicted molar refractivity (Wildman–Crippen MR) is 84.3 cm³/mol. The van der Waals surface area contributed by atoms with E-state index in [0.717, 1.165) is 19.3 Å². The molecule has 0 aromatic carbocycles. The number of hydrogen-bond acceptors (Lipinski definition) is 2. The molecule has 2 fully saturated rings. The fraction of sp³-hybridized carbons (Fsp3) is 1.00. The highest BCUT2D eigenvalue weighted by atomic mass is 19.3. The summed E-state index contributed by atoms with van der Waals surface area (Å²) in [7, 11) is 0. The van der Waals surface area contributed by atoms with Crippen molar-refractivity contribution in [2.45, 2.75) is 109 Å². The van der Waals surface area contributed by atoms with E-state index in [1.807, 2.05) is 20.8 Å². The lowest BCUT2D eigenvalue weighted by Gasteiger charge is -2.29. The Morgan fingerprint density at radius 2 is 1.68 bits per heavy atom. The van der Waals surface area contributed by atoms with E-state index in [9.17, 15) is 8.78 Å². The second kappa shape index (κ2) is 8.05. The van der Waals surface area contributed by atoms with E-state index in [4.69, 9.17) is 9.47 Å². The molecule has 2 saturated carbocycles. The summed E-state index contributed by atoms with van der Waals surface area (Å²) in [5.74, 6) is -2.66. The van der Waals surface area contributed by atoms with E-state index in [1.165, 1.54) is 19.3 Å². The van der Waals surface area contributed by atoms with Crippen molar-refractivity contribution >= 4 is 0 Å². The van der Waals surface area contributed by atoms with Crippen LogP contribution in [0.3, 0.4) is 0 Å². The molecule has 4 atom stereocenters. The van der Waals surface area contributed by atoms with Crippen LogP contribution in [0.2, 0.25) is 0 Å². The smallest absolute Gasteiger partial charge is 0.251 e. The third kappa shape index (κ3) is 5.45. The van der Waals surface area contributed by atoms with Crippen LogP contribution in [-0.4, -0.2) is 30.3 Å². The minimum absolute atomic E-state index is 0.0463. The maximum absolute atomic E-state index is 13.8. The van der Waals surface area contributed by atoms with Crippen LogP contribution in [0.1, 0.15) is 78.6 Å². The highest BCUT2D eigenvalue weighted by Crippen LogP contribution is 2.43. The topological polar surface area (TPSA) is 18.5 Å². The molecule has 0 aliphatic heterocycles. The van der Waals surface area contributed by atoms with Gasteiger partial charge in [-0.05, 0) is 45.4 Å². The zero-order valence-electron chi connectivity index (χ0n) is 14.3. The summed E-state index contributed by atoms with van der Waals surface area (Å²) < 4.78 is 39.5. The van der Waals surface area contributed by atoms with Crippen molar-refractivity contribution in [3.05, 3.63) is 0 Å². The van der Waals surface area contributed by atoms with Crippen LogP contribution in [0.5, 0.6) is 0 Å². The minimum atomic E-state index is -2.58. The van der Waals surface area contributed by atoms with Crippen LogP contribution < -0.4 is 0 Å². The lowest BCUT2D eigenvalue weighted by atomic mass is 9.95. The van der Waals surface area contributed by atoms with Gasteiger partial charge in [-0.2, -0.15) is 0 Å². The first-order chi connectivity index (χ1) is 10.4. The molecule has 0 radical (unpaired) electrons. The average molecular weight is 318 g/mol. The van der Waals surface area contributed by atoms with E-state index in [-0.39, 0.29) is 37.1 Å². The van der Waals surface area contributed by atoms with Gasteiger partial charge in [0.1, 0.15) is 0 Å². The average Bonchev–Trinajstić information content (AvgIpc) is 2.73.